The molecule has 68 valence electrons. The molecule has 2 aromatic rings. The summed E-state index contributed by atoms with van der Waals surface area (Å²) in [6.45, 7) is 8.89. The van der Waals surface area contributed by atoms with Crippen molar-refractivity contribution >= 4 is 32.7 Å². The molecule has 1 heterocycles. The molecule has 1 aromatic heterocycles. The van der Waals surface area contributed by atoms with E-state index in [2.05, 4.69) is 25.8 Å². The first kappa shape index (κ1) is 9.17. The standard InChI is InChI=1S/C11H7BrN2/c1-7-3-5-9(12)8-4-6-10(13-2)14-11(7)8/h3-6H,1H3. The third kappa shape index (κ3) is 1.38. The normalized spacial score (nSPS) is 10.1. The number of hydrogen-bond acceptors (Lipinski definition) is 1. The van der Waals surface area contributed by atoms with Crippen molar-refractivity contribution in [1.82, 2.24) is 4.98 Å². The minimum atomic E-state index is 0.443. The first-order chi connectivity index (χ1) is 6.72. The molecule has 0 atom stereocenters. The Labute approximate surface area is 90.5 Å². The Balaban J connectivity index is 2.89. The average molecular weight is 247 g/mol. The highest BCUT2D eigenvalue weighted by Gasteiger charge is 2.06. The molecule has 1 aromatic carbocycles. The third-order valence-electron chi connectivity index (χ3n) is 2.11. The van der Waals surface area contributed by atoms with Crippen LogP contribution in [0.2, 0.25) is 0 Å². The summed E-state index contributed by atoms with van der Waals surface area (Å²) in [5, 5.41) is 1.05. The van der Waals surface area contributed by atoms with Crippen LogP contribution in [0.25, 0.3) is 15.7 Å². The van der Waals surface area contributed by atoms with Crippen molar-refractivity contribution in [3.05, 3.63) is 45.7 Å². The molecule has 0 radical (unpaired) electrons. The predicted octanol–water partition coefficient (Wildman–Crippen LogP) is 3.86. The van der Waals surface area contributed by atoms with Crippen molar-refractivity contribution < 1.29 is 0 Å². The van der Waals surface area contributed by atoms with E-state index in [1.165, 1.54) is 0 Å². The van der Waals surface area contributed by atoms with Gasteiger partial charge in [-0.1, -0.05) is 34.6 Å². The van der Waals surface area contributed by atoms with Crippen LogP contribution in [-0.2, 0) is 0 Å². The number of hydrogen-bond donors (Lipinski definition) is 0. The number of nitrogens with zero attached hydrogens (tertiary/aromatic N) is 2. The Hall–Kier alpha value is -1.40. The van der Waals surface area contributed by atoms with Gasteiger partial charge in [-0.25, -0.2) is 0 Å². The fraction of sp³-hybridized carbons (Fsp3) is 0.0909. The van der Waals surface area contributed by atoms with Gasteiger partial charge < -0.3 is 4.85 Å². The van der Waals surface area contributed by atoms with Gasteiger partial charge in [-0.2, -0.15) is 0 Å². The number of aromatic nitrogens is 1. The largest absolute Gasteiger partial charge is 0.361 e. The molecule has 0 saturated heterocycles. The topological polar surface area (TPSA) is 17.2 Å². The molecule has 0 unspecified atom stereocenters. The molecule has 0 saturated carbocycles. The number of benzene rings is 1. The van der Waals surface area contributed by atoms with E-state index < -0.39 is 0 Å². The van der Waals surface area contributed by atoms with Crippen molar-refractivity contribution in [3.63, 3.8) is 0 Å². The van der Waals surface area contributed by atoms with Crippen LogP contribution in [0.3, 0.4) is 0 Å². The SMILES string of the molecule is [C-]#[N+]c1ccc2c(Br)ccc(C)c2n1. The maximum Gasteiger partial charge on any atom is 0.270 e. The van der Waals surface area contributed by atoms with Gasteiger partial charge in [0.15, 0.2) is 5.52 Å². The molecular weight excluding hydrogens is 240 g/mol. The first-order valence-electron chi connectivity index (χ1n) is 4.15. The van der Waals surface area contributed by atoms with Gasteiger partial charge in [0, 0.05) is 9.86 Å². The average Bonchev–Trinajstić information content (AvgIpc) is 2.23. The van der Waals surface area contributed by atoms with E-state index in [0.717, 1.165) is 20.9 Å². The molecule has 0 aliphatic carbocycles. The van der Waals surface area contributed by atoms with Gasteiger partial charge in [-0.15, -0.1) is 4.98 Å². The maximum atomic E-state index is 6.89. The van der Waals surface area contributed by atoms with E-state index in [0.29, 0.717) is 5.82 Å². The van der Waals surface area contributed by atoms with Crippen LogP contribution in [0.1, 0.15) is 5.56 Å². The molecule has 0 aliphatic heterocycles. The highest BCUT2D eigenvalue weighted by molar-refractivity contribution is 9.10. The number of rotatable bonds is 0. The van der Waals surface area contributed by atoms with Crippen LogP contribution < -0.4 is 0 Å². The minimum absolute atomic E-state index is 0.443. The van der Waals surface area contributed by atoms with Gasteiger partial charge in [-0.3, -0.25) is 0 Å². The number of fused-ring (bicyclic) bond motifs is 1. The summed E-state index contributed by atoms with van der Waals surface area (Å²) in [5.41, 5.74) is 1.99. The molecule has 0 aliphatic rings. The fourth-order valence-corrected chi connectivity index (χ4v) is 1.82. The quantitative estimate of drug-likeness (QED) is 0.646. The molecule has 2 rings (SSSR count). The zero-order valence-electron chi connectivity index (χ0n) is 7.58. The summed E-state index contributed by atoms with van der Waals surface area (Å²) >= 11 is 3.46. The Morgan fingerprint density at radius 1 is 1.29 bits per heavy atom. The monoisotopic (exact) mass is 246 g/mol. The van der Waals surface area contributed by atoms with E-state index >= 15 is 0 Å². The van der Waals surface area contributed by atoms with E-state index in [-0.39, 0.29) is 0 Å². The van der Waals surface area contributed by atoms with Crippen molar-refractivity contribution in [1.29, 1.82) is 0 Å². The van der Waals surface area contributed by atoms with E-state index in [4.69, 9.17) is 6.57 Å². The summed E-state index contributed by atoms with van der Waals surface area (Å²) in [4.78, 5) is 7.58. The number of halogens is 1. The molecule has 0 N–H and O–H groups in total. The van der Waals surface area contributed by atoms with Gasteiger partial charge in [0.2, 0.25) is 0 Å². The fourth-order valence-electron chi connectivity index (χ4n) is 1.37. The smallest absolute Gasteiger partial charge is 0.270 e. The number of pyridine rings is 1. The van der Waals surface area contributed by atoms with Crippen LogP contribution >= 0.6 is 15.9 Å². The molecule has 2 nitrogen and oxygen atoms in total. The van der Waals surface area contributed by atoms with E-state index in [9.17, 15) is 0 Å². The van der Waals surface area contributed by atoms with Crippen molar-refractivity contribution in [2.24, 2.45) is 0 Å². The second kappa shape index (κ2) is 3.39. The molecule has 3 heteroatoms. The Bertz CT molecular complexity index is 541. The van der Waals surface area contributed by atoms with E-state index in [1.54, 1.807) is 6.07 Å². The Morgan fingerprint density at radius 2 is 2.07 bits per heavy atom. The Kier molecular flexibility index (Phi) is 2.22. The second-order valence-electron chi connectivity index (χ2n) is 3.04. The van der Waals surface area contributed by atoms with Crippen LogP contribution in [-0.4, -0.2) is 4.98 Å². The summed E-state index contributed by atoms with van der Waals surface area (Å²) in [6.07, 6.45) is 0. The molecule has 0 fully saturated rings. The lowest BCUT2D eigenvalue weighted by molar-refractivity contribution is 1.38. The van der Waals surface area contributed by atoms with Gasteiger partial charge >= 0.3 is 0 Å². The minimum Gasteiger partial charge on any atom is -0.361 e. The van der Waals surface area contributed by atoms with Gasteiger partial charge in [0.1, 0.15) is 0 Å². The number of aryl methyl sites for hydroxylation is 1. The second-order valence-corrected chi connectivity index (χ2v) is 3.90. The van der Waals surface area contributed by atoms with Crippen LogP contribution in [0, 0.1) is 13.5 Å². The van der Waals surface area contributed by atoms with Crippen LogP contribution in [0.15, 0.2) is 28.7 Å². The first-order valence-corrected chi connectivity index (χ1v) is 4.95. The Morgan fingerprint density at radius 3 is 2.79 bits per heavy atom. The van der Waals surface area contributed by atoms with E-state index in [1.807, 2.05) is 25.1 Å². The lowest BCUT2D eigenvalue weighted by atomic mass is 10.1. The summed E-state index contributed by atoms with van der Waals surface area (Å²) < 4.78 is 1.02. The summed E-state index contributed by atoms with van der Waals surface area (Å²) in [7, 11) is 0. The van der Waals surface area contributed by atoms with Crippen LogP contribution in [0.4, 0.5) is 5.82 Å². The zero-order chi connectivity index (χ0) is 10.1. The summed E-state index contributed by atoms with van der Waals surface area (Å²) in [6, 6.07) is 7.65. The zero-order valence-corrected chi connectivity index (χ0v) is 9.17. The van der Waals surface area contributed by atoms with Gasteiger partial charge in [-0.05, 0) is 24.6 Å². The van der Waals surface area contributed by atoms with Gasteiger partial charge in [0.05, 0.1) is 0 Å². The molecule has 0 bridgehead atoms. The lowest BCUT2D eigenvalue weighted by Gasteiger charge is -2.00. The third-order valence-corrected chi connectivity index (χ3v) is 2.80. The van der Waals surface area contributed by atoms with Crippen molar-refractivity contribution in [2.45, 2.75) is 6.92 Å². The maximum absolute atomic E-state index is 6.89. The molecule has 14 heavy (non-hydrogen) atoms. The highest BCUT2D eigenvalue weighted by atomic mass is 79.9. The van der Waals surface area contributed by atoms with Crippen molar-refractivity contribution in [2.75, 3.05) is 0 Å². The predicted molar refractivity (Wildman–Crippen MR) is 60.4 cm³/mol. The lowest BCUT2D eigenvalue weighted by Crippen LogP contribution is -1.83. The van der Waals surface area contributed by atoms with Crippen LogP contribution in [0.5, 0.6) is 0 Å². The van der Waals surface area contributed by atoms with Crippen molar-refractivity contribution in [3.8, 4) is 0 Å². The molecule has 0 amide bonds. The highest BCUT2D eigenvalue weighted by Crippen LogP contribution is 2.27. The van der Waals surface area contributed by atoms with Gasteiger partial charge in [0.25, 0.3) is 5.82 Å². The molecule has 0 spiro atoms. The molecular formula is C11H7BrN2. The summed E-state index contributed by atoms with van der Waals surface area (Å²) in [5.74, 6) is 0.443.